The summed E-state index contributed by atoms with van der Waals surface area (Å²) in [6.07, 6.45) is 0. The highest BCUT2D eigenvalue weighted by atomic mass is 16.1. The molecule has 1 aromatic rings. The molecule has 4 N–H and O–H groups in total. The van der Waals surface area contributed by atoms with Gasteiger partial charge in [0.05, 0.1) is 5.69 Å². The minimum Gasteiger partial charge on any atom is -0.366 e. The summed E-state index contributed by atoms with van der Waals surface area (Å²) >= 11 is 0. The fourth-order valence-electron chi connectivity index (χ4n) is 0.861. The molecular weight excluding hydrogens is 154 g/mol. The zero-order chi connectivity index (χ0) is 9.14. The Morgan fingerprint density at radius 1 is 1.33 bits per heavy atom. The summed E-state index contributed by atoms with van der Waals surface area (Å²) in [4.78, 5) is 10.7. The van der Waals surface area contributed by atoms with Crippen LogP contribution < -0.4 is 16.6 Å². The van der Waals surface area contributed by atoms with Crippen LogP contribution in [-0.2, 0) is 0 Å². The van der Waals surface area contributed by atoms with Gasteiger partial charge in [-0.15, -0.1) is 0 Å². The molecule has 1 aromatic carbocycles. The lowest BCUT2D eigenvalue weighted by molar-refractivity contribution is 0.100. The molecule has 12 heavy (non-hydrogen) atoms. The molecule has 64 valence electrons. The SMILES string of the molecule is CN(N)c1ccc(C(N)=O)cc1. The van der Waals surface area contributed by atoms with E-state index in [4.69, 9.17) is 11.6 Å². The minimum absolute atomic E-state index is 0.429. The Labute approximate surface area is 70.7 Å². The molecule has 0 heterocycles. The van der Waals surface area contributed by atoms with Crippen molar-refractivity contribution in [2.75, 3.05) is 12.1 Å². The molecule has 0 aromatic heterocycles. The topological polar surface area (TPSA) is 72.3 Å². The van der Waals surface area contributed by atoms with Gasteiger partial charge in [0.2, 0.25) is 5.91 Å². The van der Waals surface area contributed by atoms with Crippen molar-refractivity contribution in [2.45, 2.75) is 0 Å². The zero-order valence-corrected chi connectivity index (χ0v) is 6.82. The van der Waals surface area contributed by atoms with Gasteiger partial charge in [-0.05, 0) is 24.3 Å². The fraction of sp³-hybridized carbons (Fsp3) is 0.125. The Morgan fingerprint density at radius 2 is 1.83 bits per heavy atom. The van der Waals surface area contributed by atoms with Crippen LogP contribution in [0.4, 0.5) is 5.69 Å². The zero-order valence-electron chi connectivity index (χ0n) is 6.82. The van der Waals surface area contributed by atoms with Crippen LogP contribution >= 0.6 is 0 Å². The molecule has 0 aliphatic rings. The summed E-state index contributed by atoms with van der Waals surface area (Å²) in [6.45, 7) is 0. The predicted molar refractivity (Wildman–Crippen MR) is 47.6 cm³/mol. The first-order valence-corrected chi connectivity index (χ1v) is 3.49. The lowest BCUT2D eigenvalue weighted by Crippen LogP contribution is -2.25. The first-order chi connectivity index (χ1) is 5.61. The van der Waals surface area contributed by atoms with Gasteiger partial charge in [0.1, 0.15) is 0 Å². The second kappa shape index (κ2) is 3.23. The highest BCUT2D eigenvalue weighted by Gasteiger charge is 1.99. The monoisotopic (exact) mass is 165 g/mol. The Balaban J connectivity index is 2.93. The molecule has 0 aliphatic heterocycles. The highest BCUT2D eigenvalue weighted by Crippen LogP contribution is 2.10. The number of nitrogens with two attached hydrogens (primary N) is 2. The Bertz CT molecular complexity index is 279. The molecular formula is C8H11N3O. The molecule has 0 fully saturated rings. The molecule has 1 rings (SSSR count). The first kappa shape index (κ1) is 8.55. The van der Waals surface area contributed by atoms with E-state index in [-0.39, 0.29) is 0 Å². The van der Waals surface area contributed by atoms with Crippen LogP contribution in [0.15, 0.2) is 24.3 Å². The van der Waals surface area contributed by atoms with Gasteiger partial charge in [0, 0.05) is 12.6 Å². The van der Waals surface area contributed by atoms with Crippen molar-refractivity contribution in [3.05, 3.63) is 29.8 Å². The molecule has 0 atom stereocenters. The number of carbonyl (C=O) groups is 1. The average molecular weight is 165 g/mol. The van der Waals surface area contributed by atoms with E-state index in [2.05, 4.69) is 0 Å². The van der Waals surface area contributed by atoms with Gasteiger partial charge in [-0.3, -0.25) is 4.79 Å². The van der Waals surface area contributed by atoms with Crippen LogP contribution in [0.5, 0.6) is 0 Å². The molecule has 4 heteroatoms. The van der Waals surface area contributed by atoms with Gasteiger partial charge in [-0.2, -0.15) is 0 Å². The summed E-state index contributed by atoms with van der Waals surface area (Å²) in [5.41, 5.74) is 6.38. The second-order valence-corrected chi connectivity index (χ2v) is 2.52. The highest BCUT2D eigenvalue weighted by molar-refractivity contribution is 5.93. The van der Waals surface area contributed by atoms with Crippen molar-refractivity contribution in [3.63, 3.8) is 0 Å². The number of rotatable bonds is 2. The van der Waals surface area contributed by atoms with Crippen molar-refractivity contribution < 1.29 is 4.79 Å². The van der Waals surface area contributed by atoms with Crippen LogP contribution in [0.2, 0.25) is 0 Å². The van der Waals surface area contributed by atoms with Crippen LogP contribution in [-0.4, -0.2) is 13.0 Å². The molecule has 0 spiro atoms. The number of hydrogen-bond acceptors (Lipinski definition) is 3. The normalized spacial score (nSPS) is 9.50. The molecule has 0 saturated heterocycles. The molecule has 0 radical (unpaired) electrons. The van der Waals surface area contributed by atoms with Gasteiger partial charge in [0.25, 0.3) is 0 Å². The van der Waals surface area contributed by atoms with Gasteiger partial charge >= 0.3 is 0 Å². The summed E-state index contributed by atoms with van der Waals surface area (Å²) in [7, 11) is 1.72. The van der Waals surface area contributed by atoms with Crippen molar-refractivity contribution in [1.82, 2.24) is 0 Å². The Morgan fingerprint density at radius 3 is 2.17 bits per heavy atom. The smallest absolute Gasteiger partial charge is 0.248 e. The summed E-state index contributed by atoms with van der Waals surface area (Å²) < 4.78 is 0. The number of amides is 1. The second-order valence-electron chi connectivity index (χ2n) is 2.52. The molecule has 0 saturated carbocycles. The van der Waals surface area contributed by atoms with E-state index in [1.807, 2.05) is 0 Å². The summed E-state index contributed by atoms with van der Waals surface area (Å²) in [6, 6.07) is 6.75. The molecule has 0 aliphatic carbocycles. The summed E-state index contributed by atoms with van der Waals surface area (Å²) in [5, 5.41) is 1.46. The number of hydrazine groups is 1. The van der Waals surface area contributed by atoms with E-state index in [0.29, 0.717) is 5.56 Å². The summed E-state index contributed by atoms with van der Waals surface area (Å²) in [5.74, 6) is 5.03. The van der Waals surface area contributed by atoms with Crippen LogP contribution in [0, 0.1) is 0 Å². The molecule has 4 nitrogen and oxygen atoms in total. The standard InChI is InChI=1S/C8H11N3O/c1-11(10)7-4-2-6(3-5-7)8(9)12/h2-5H,10H2,1H3,(H2,9,12). The number of nitrogens with zero attached hydrogens (tertiary/aromatic N) is 1. The van der Waals surface area contributed by atoms with Gasteiger partial charge in [-0.1, -0.05) is 0 Å². The number of benzene rings is 1. The van der Waals surface area contributed by atoms with E-state index in [9.17, 15) is 4.79 Å². The average Bonchev–Trinajstić information content (AvgIpc) is 2.04. The molecule has 1 amide bonds. The number of carbonyl (C=O) groups excluding carboxylic acids is 1. The third-order valence-electron chi connectivity index (χ3n) is 1.56. The van der Waals surface area contributed by atoms with Crippen LogP contribution in [0.3, 0.4) is 0 Å². The maximum absolute atomic E-state index is 10.7. The fourth-order valence-corrected chi connectivity index (χ4v) is 0.861. The van der Waals surface area contributed by atoms with Crippen LogP contribution in [0.25, 0.3) is 0 Å². The van der Waals surface area contributed by atoms with E-state index >= 15 is 0 Å². The van der Waals surface area contributed by atoms with Gasteiger partial charge in [0.15, 0.2) is 0 Å². The van der Waals surface area contributed by atoms with Crippen molar-refractivity contribution in [2.24, 2.45) is 11.6 Å². The number of hydrogen-bond donors (Lipinski definition) is 2. The molecule has 0 unspecified atom stereocenters. The van der Waals surface area contributed by atoms with Crippen molar-refractivity contribution in [1.29, 1.82) is 0 Å². The van der Waals surface area contributed by atoms with Crippen molar-refractivity contribution in [3.8, 4) is 0 Å². The maximum atomic E-state index is 10.7. The van der Waals surface area contributed by atoms with E-state index in [1.54, 1.807) is 31.3 Å². The largest absolute Gasteiger partial charge is 0.366 e. The van der Waals surface area contributed by atoms with E-state index in [0.717, 1.165) is 5.69 Å². The number of anilines is 1. The number of primary amides is 1. The minimum atomic E-state index is -0.429. The van der Waals surface area contributed by atoms with E-state index < -0.39 is 5.91 Å². The lowest BCUT2D eigenvalue weighted by Gasteiger charge is -2.11. The Hall–Kier alpha value is -1.55. The van der Waals surface area contributed by atoms with Crippen molar-refractivity contribution >= 4 is 11.6 Å². The quantitative estimate of drug-likeness (QED) is 0.482. The maximum Gasteiger partial charge on any atom is 0.248 e. The third kappa shape index (κ3) is 1.73. The van der Waals surface area contributed by atoms with E-state index in [1.165, 1.54) is 5.01 Å². The predicted octanol–water partition coefficient (Wildman–Crippen LogP) is 0.0954. The Kier molecular flexibility index (Phi) is 2.30. The van der Waals surface area contributed by atoms with Gasteiger partial charge < -0.3 is 10.7 Å². The molecule has 0 bridgehead atoms. The van der Waals surface area contributed by atoms with Crippen LogP contribution in [0.1, 0.15) is 10.4 Å². The third-order valence-corrected chi connectivity index (χ3v) is 1.56. The lowest BCUT2D eigenvalue weighted by atomic mass is 10.2. The van der Waals surface area contributed by atoms with Gasteiger partial charge in [-0.25, -0.2) is 5.84 Å². The first-order valence-electron chi connectivity index (χ1n) is 3.49.